The van der Waals surface area contributed by atoms with Crippen LogP contribution in [0.5, 0.6) is 5.75 Å². The number of pyridine rings is 1. The van der Waals surface area contributed by atoms with Gasteiger partial charge in [-0.1, -0.05) is 6.07 Å². The van der Waals surface area contributed by atoms with E-state index in [1.165, 1.54) is 0 Å². The second-order valence-corrected chi connectivity index (χ2v) is 8.37. The van der Waals surface area contributed by atoms with Gasteiger partial charge in [0.2, 0.25) is 5.91 Å². The highest BCUT2D eigenvalue weighted by Gasteiger charge is 2.30. The molecule has 8 nitrogen and oxygen atoms in total. The van der Waals surface area contributed by atoms with E-state index in [2.05, 4.69) is 21.5 Å². The predicted octanol–water partition coefficient (Wildman–Crippen LogP) is 4.14. The summed E-state index contributed by atoms with van der Waals surface area (Å²) in [6.45, 7) is 1.61. The van der Waals surface area contributed by atoms with Crippen molar-refractivity contribution in [2.75, 3.05) is 17.3 Å². The maximum absolute atomic E-state index is 12.7. The molecular formula is C25H28N6O2. The lowest BCUT2D eigenvalue weighted by Gasteiger charge is -2.37. The number of ether oxygens (including phenoxy) is 1. The highest BCUT2D eigenvalue weighted by molar-refractivity contribution is 5.94. The number of anilines is 2. The molecule has 4 rings (SSSR count). The molecule has 0 spiro atoms. The Morgan fingerprint density at radius 1 is 1.18 bits per heavy atom. The molecule has 2 aromatic heterocycles. The number of hydrogen-bond acceptors (Lipinski definition) is 6. The Bertz CT molecular complexity index is 1160. The van der Waals surface area contributed by atoms with Crippen LogP contribution < -0.4 is 15.0 Å². The Morgan fingerprint density at radius 3 is 2.55 bits per heavy atom. The van der Waals surface area contributed by atoms with Gasteiger partial charge in [0.05, 0.1) is 24.6 Å². The van der Waals surface area contributed by atoms with E-state index in [0.29, 0.717) is 11.3 Å². The van der Waals surface area contributed by atoms with Crippen LogP contribution in [0.25, 0.3) is 11.1 Å². The summed E-state index contributed by atoms with van der Waals surface area (Å²) in [7, 11) is 3.52. The zero-order valence-electron chi connectivity index (χ0n) is 19.2. The lowest BCUT2D eigenvalue weighted by Crippen LogP contribution is -2.43. The second-order valence-electron chi connectivity index (χ2n) is 8.37. The number of carbonyl (C=O) groups is 1. The molecule has 0 bridgehead atoms. The van der Waals surface area contributed by atoms with E-state index in [1.807, 2.05) is 48.6 Å². The largest absolute Gasteiger partial charge is 0.495 e. The van der Waals surface area contributed by atoms with Crippen molar-refractivity contribution >= 4 is 17.4 Å². The van der Waals surface area contributed by atoms with Crippen molar-refractivity contribution < 1.29 is 9.53 Å². The lowest BCUT2D eigenvalue weighted by atomic mass is 9.89. The highest BCUT2D eigenvalue weighted by atomic mass is 16.5. The van der Waals surface area contributed by atoms with Gasteiger partial charge in [-0.15, -0.1) is 0 Å². The molecule has 0 atom stereocenters. The van der Waals surface area contributed by atoms with Gasteiger partial charge in [-0.3, -0.25) is 9.48 Å². The normalized spacial score (nSPS) is 17.8. The molecule has 1 amide bonds. The summed E-state index contributed by atoms with van der Waals surface area (Å²) in [5.41, 5.74) is 3.34. The number of hydrogen-bond donors (Lipinski definition) is 1. The molecule has 170 valence electrons. The van der Waals surface area contributed by atoms with Gasteiger partial charge >= 0.3 is 0 Å². The molecule has 0 aliphatic heterocycles. The maximum Gasteiger partial charge on any atom is 0.224 e. The molecule has 1 saturated carbocycles. The number of nitrogens with zero attached hydrogens (tertiary/aromatic N) is 5. The maximum atomic E-state index is 12.7. The third-order valence-corrected chi connectivity index (χ3v) is 6.12. The van der Waals surface area contributed by atoms with Crippen molar-refractivity contribution in [2.24, 2.45) is 7.05 Å². The van der Waals surface area contributed by atoms with Crippen LogP contribution in [0, 0.1) is 11.3 Å². The van der Waals surface area contributed by atoms with Crippen molar-refractivity contribution in [3.63, 3.8) is 0 Å². The number of methoxy groups -OCH3 is 1. The summed E-state index contributed by atoms with van der Waals surface area (Å²) in [6, 6.07) is 12.0. The molecule has 1 aromatic carbocycles. The van der Waals surface area contributed by atoms with Crippen molar-refractivity contribution in [1.29, 1.82) is 5.26 Å². The molecule has 1 aliphatic carbocycles. The van der Waals surface area contributed by atoms with E-state index in [0.717, 1.165) is 48.3 Å². The Morgan fingerprint density at radius 2 is 1.97 bits per heavy atom. The average molecular weight is 445 g/mol. The van der Waals surface area contributed by atoms with Gasteiger partial charge in [0.25, 0.3) is 0 Å². The van der Waals surface area contributed by atoms with Crippen LogP contribution in [0.1, 0.15) is 38.2 Å². The summed E-state index contributed by atoms with van der Waals surface area (Å²) < 4.78 is 7.45. The number of benzene rings is 1. The number of nitrogens with one attached hydrogen (secondary N) is 1. The fourth-order valence-electron chi connectivity index (χ4n) is 4.48. The zero-order valence-corrected chi connectivity index (χ0v) is 19.2. The lowest BCUT2D eigenvalue weighted by molar-refractivity contribution is -0.117. The second kappa shape index (κ2) is 9.74. The van der Waals surface area contributed by atoms with Gasteiger partial charge in [-0.05, 0) is 55.5 Å². The van der Waals surface area contributed by atoms with Gasteiger partial charge < -0.3 is 15.0 Å². The Labute approximate surface area is 193 Å². The van der Waals surface area contributed by atoms with Gasteiger partial charge in [0, 0.05) is 44.0 Å². The fraction of sp³-hybridized carbons (Fsp3) is 0.360. The monoisotopic (exact) mass is 444 g/mol. The summed E-state index contributed by atoms with van der Waals surface area (Å²) >= 11 is 0. The van der Waals surface area contributed by atoms with E-state index in [1.54, 1.807) is 31.0 Å². The zero-order chi connectivity index (χ0) is 23.4. The van der Waals surface area contributed by atoms with Crippen LogP contribution in [-0.4, -0.2) is 39.9 Å². The number of carbonyl (C=O) groups excluding carboxylic acids is 1. The third kappa shape index (κ3) is 4.98. The predicted molar refractivity (Wildman–Crippen MR) is 127 cm³/mol. The summed E-state index contributed by atoms with van der Waals surface area (Å²) in [5, 5.41) is 16.6. The Kier molecular flexibility index (Phi) is 6.59. The third-order valence-electron chi connectivity index (χ3n) is 6.12. The minimum Gasteiger partial charge on any atom is -0.495 e. The summed E-state index contributed by atoms with van der Waals surface area (Å²) in [6.07, 6.45) is 8.94. The van der Waals surface area contributed by atoms with E-state index in [-0.39, 0.29) is 18.0 Å². The minimum atomic E-state index is 0.00703. The van der Waals surface area contributed by atoms with Crippen molar-refractivity contribution in [3.8, 4) is 22.9 Å². The standard InChI is InChI=1S/C25H28N6O2/c1-17(32)31(23-10-5-19(12-24(23)33-3)20-15-28-30(2)16-20)22-8-6-21(7-9-22)29-25-11-4-18(13-26)14-27-25/h4-5,10-12,14-16,21-22H,6-9H2,1-3H3,(H,27,29)/t21-,22-. The first-order valence-electron chi connectivity index (χ1n) is 11.1. The van der Waals surface area contributed by atoms with E-state index in [4.69, 9.17) is 10.00 Å². The van der Waals surface area contributed by atoms with Crippen molar-refractivity contribution in [3.05, 3.63) is 54.5 Å². The first kappa shape index (κ1) is 22.3. The number of rotatable bonds is 6. The number of aromatic nitrogens is 3. The summed E-state index contributed by atoms with van der Waals surface area (Å²) in [4.78, 5) is 18.9. The van der Waals surface area contributed by atoms with Crippen molar-refractivity contribution in [1.82, 2.24) is 14.8 Å². The molecular weight excluding hydrogens is 416 g/mol. The Balaban J connectivity index is 1.47. The van der Waals surface area contributed by atoms with Crippen LogP contribution in [0.4, 0.5) is 11.5 Å². The van der Waals surface area contributed by atoms with Crippen molar-refractivity contribution in [2.45, 2.75) is 44.7 Å². The van der Waals surface area contributed by atoms with Crippen LogP contribution in [-0.2, 0) is 11.8 Å². The molecule has 2 heterocycles. The smallest absolute Gasteiger partial charge is 0.224 e. The minimum absolute atomic E-state index is 0.00703. The van der Waals surface area contributed by atoms with Crippen LogP contribution in [0.3, 0.4) is 0 Å². The van der Waals surface area contributed by atoms with Gasteiger partial charge in [-0.25, -0.2) is 4.98 Å². The first-order valence-corrected chi connectivity index (χ1v) is 11.1. The molecule has 3 aromatic rings. The Hall–Kier alpha value is -3.86. The molecule has 0 saturated heterocycles. The number of amides is 1. The van der Waals surface area contributed by atoms with Crippen LogP contribution >= 0.6 is 0 Å². The molecule has 0 unspecified atom stereocenters. The van der Waals surface area contributed by atoms with E-state index >= 15 is 0 Å². The molecule has 0 radical (unpaired) electrons. The highest BCUT2D eigenvalue weighted by Crippen LogP contribution is 2.37. The molecule has 1 aliphatic rings. The quantitative estimate of drug-likeness (QED) is 0.614. The van der Waals surface area contributed by atoms with Gasteiger partial charge in [0.1, 0.15) is 17.6 Å². The van der Waals surface area contributed by atoms with E-state index < -0.39 is 0 Å². The van der Waals surface area contributed by atoms with Crippen LogP contribution in [0.15, 0.2) is 48.9 Å². The SMILES string of the molecule is COc1cc(-c2cnn(C)c2)ccc1N(C(C)=O)[C@H]1CC[C@H](Nc2ccc(C#N)cn2)CC1. The average Bonchev–Trinajstić information content (AvgIpc) is 3.27. The number of nitriles is 1. The molecule has 33 heavy (non-hydrogen) atoms. The fourth-order valence-corrected chi connectivity index (χ4v) is 4.48. The van der Waals surface area contributed by atoms with Crippen LogP contribution in [0.2, 0.25) is 0 Å². The molecule has 1 N–H and O–H groups in total. The number of aryl methyl sites for hydroxylation is 1. The molecule has 1 fully saturated rings. The topological polar surface area (TPSA) is 96.1 Å². The van der Waals surface area contributed by atoms with E-state index in [9.17, 15) is 4.79 Å². The first-order chi connectivity index (χ1) is 16.0. The molecule has 8 heteroatoms. The van der Waals surface area contributed by atoms with Gasteiger partial charge in [-0.2, -0.15) is 10.4 Å². The summed E-state index contributed by atoms with van der Waals surface area (Å²) in [5.74, 6) is 1.45. The van der Waals surface area contributed by atoms with Gasteiger partial charge in [0.15, 0.2) is 0 Å².